The van der Waals surface area contributed by atoms with Crippen LogP contribution in [0.1, 0.15) is 106 Å². The summed E-state index contributed by atoms with van der Waals surface area (Å²) in [6, 6.07) is -1.02. The van der Waals surface area contributed by atoms with Crippen LogP contribution in [0, 0.1) is 56.7 Å². The average molecular weight is 558 g/mol. The van der Waals surface area contributed by atoms with Gasteiger partial charge in [0.25, 0.3) is 0 Å². The third-order valence-electron chi connectivity index (χ3n) is 14.3. The van der Waals surface area contributed by atoms with Crippen molar-refractivity contribution in [2.45, 2.75) is 118 Å². The van der Waals surface area contributed by atoms with Gasteiger partial charge in [0.1, 0.15) is 6.04 Å². The van der Waals surface area contributed by atoms with Gasteiger partial charge in [-0.25, -0.2) is 0 Å². The zero-order valence-corrected chi connectivity index (χ0v) is 25.4. The number of aliphatic hydroxyl groups excluding tert-OH is 1. The lowest BCUT2D eigenvalue weighted by molar-refractivity contribution is -0.248. The van der Waals surface area contributed by atoms with Gasteiger partial charge in [-0.2, -0.15) is 0 Å². The molecule has 0 heterocycles. The van der Waals surface area contributed by atoms with Crippen molar-refractivity contribution in [3.05, 3.63) is 12.2 Å². The number of carbonyl (C=O) groups excluding carboxylic acids is 1. The van der Waals surface area contributed by atoms with Gasteiger partial charge < -0.3 is 20.6 Å². The molecule has 0 aromatic carbocycles. The summed E-state index contributed by atoms with van der Waals surface area (Å²) < 4.78 is 0. The number of hydrogen-bond acceptors (Lipinski definition) is 4. The smallest absolute Gasteiger partial charge is 0.325 e. The Labute approximate surface area is 239 Å². The fraction of sp³-hybridized carbons (Fsp3) is 0.848. The van der Waals surface area contributed by atoms with Crippen molar-refractivity contribution in [3.63, 3.8) is 0 Å². The van der Waals surface area contributed by atoms with Crippen molar-refractivity contribution in [2.24, 2.45) is 56.7 Å². The molecule has 0 saturated heterocycles. The van der Waals surface area contributed by atoms with Gasteiger partial charge in [-0.05, 0) is 131 Å². The van der Waals surface area contributed by atoms with E-state index in [9.17, 15) is 29.7 Å². The first-order chi connectivity index (χ1) is 18.5. The van der Waals surface area contributed by atoms with Gasteiger partial charge in [0, 0.05) is 0 Å². The van der Waals surface area contributed by atoms with Crippen LogP contribution in [-0.4, -0.2) is 45.3 Å². The summed E-state index contributed by atoms with van der Waals surface area (Å²) in [6.45, 7) is 17.0. The standard InChI is InChI=1S/C33H51NO6/c1-18(2)20-10-15-33(28(39)40)17-16-30(5)21(25(20)33)8-9-22-29(4)13-12-24(35)32(7,23(29)11-14-31(22,30)6)27(38)34-19(3)26(36)37/h19-25,35H,1,8-17H2,2-7H3,(H,34,38)(H,36,37)(H,39,40)/t19-,20-,21+,22+,23+,24+,25+,29+,30+,31+,32-,33-/m0/s1. The molecule has 4 N–H and O–H groups in total. The largest absolute Gasteiger partial charge is 0.481 e. The molecule has 7 heteroatoms. The topological polar surface area (TPSA) is 124 Å². The van der Waals surface area contributed by atoms with Crippen molar-refractivity contribution in [1.29, 1.82) is 0 Å². The molecule has 0 aromatic rings. The molecule has 5 rings (SSSR count). The highest BCUT2D eigenvalue weighted by molar-refractivity contribution is 5.88. The zero-order valence-electron chi connectivity index (χ0n) is 25.4. The van der Waals surface area contributed by atoms with Gasteiger partial charge in [0.05, 0.1) is 16.9 Å². The molecular weight excluding hydrogens is 506 g/mol. The van der Waals surface area contributed by atoms with Gasteiger partial charge in [-0.1, -0.05) is 32.9 Å². The molecule has 1 amide bonds. The van der Waals surface area contributed by atoms with Gasteiger partial charge in [-0.15, -0.1) is 0 Å². The van der Waals surface area contributed by atoms with Crippen LogP contribution < -0.4 is 5.32 Å². The molecule has 0 unspecified atom stereocenters. The van der Waals surface area contributed by atoms with Crippen molar-refractivity contribution in [1.82, 2.24) is 5.32 Å². The monoisotopic (exact) mass is 557 g/mol. The SMILES string of the molecule is C=C(C)[C@@H]1CC[C@]2(C(=O)O)CC[C@]3(C)[C@H](CC[C@@H]4[C@@]5(C)CC[C@@H](O)[C@@](C)(C(=O)N[C@@H](C)C(=O)O)[C@@H]5CC[C@]43C)[C@@H]12. The van der Waals surface area contributed by atoms with Gasteiger partial charge in [0.2, 0.25) is 5.91 Å². The van der Waals surface area contributed by atoms with E-state index in [1.165, 1.54) is 6.92 Å². The first-order valence-corrected chi connectivity index (χ1v) is 15.6. The molecule has 5 aliphatic carbocycles. The van der Waals surface area contributed by atoms with E-state index in [4.69, 9.17) is 0 Å². The summed E-state index contributed by atoms with van der Waals surface area (Å²) in [4.78, 5) is 38.1. The number of allylic oxidation sites excluding steroid dienone is 1. The Morgan fingerprint density at radius 2 is 1.52 bits per heavy atom. The number of carbonyl (C=O) groups is 3. The molecule has 0 spiro atoms. The third-order valence-corrected chi connectivity index (χ3v) is 14.3. The molecule has 5 aliphatic rings. The lowest BCUT2D eigenvalue weighted by Gasteiger charge is -2.72. The van der Waals surface area contributed by atoms with Crippen LogP contribution in [0.4, 0.5) is 0 Å². The van der Waals surface area contributed by atoms with Crippen LogP contribution in [-0.2, 0) is 14.4 Å². The summed E-state index contributed by atoms with van der Waals surface area (Å²) in [5, 5.41) is 34.0. The summed E-state index contributed by atoms with van der Waals surface area (Å²) >= 11 is 0. The first kappa shape index (κ1) is 29.6. The summed E-state index contributed by atoms with van der Waals surface area (Å²) in [6.07, 6.45) is 7.56. The van der Waals surface area contributed by atoms with Crippen molar-refractivity contribution < 1.29 is 29.7 Å². The molecule has 0 aromatic heterocycles. The maximum atomic E-state index is 13.7. The van der Waals surface area contributed by atoms with Crippen LogP contribution in [0.25, 0.3) is 0 Å². The highest BCUT2D eigenvalue weighted by Crippen LogP contribution is 2.77. The Morgan fingerprint density at radius 3 is 2.12 bits per heavy atom. The Bertz CT molecular complexity index is 1120. The van der Waals surface area contributed by atoms with Crippen LogP contribution in [0.3, 0.4) is 0 Å². The van der Waals surface area contributed by atoms with Crippen LogP contribution in [0.5, 0.6) is 0 Å². The Kier molecular flexibility index (Phi) is 6.89. The second-order valence-electron chi connectivity index (χ2n) is 15.5. The summed E-state index contributed by atoms with van der Waals surface area (Å²) in [5.41, 5.74) is -0.787. The number of aliphatic carboxylic acids is 2. The number of rotatable bonds is 5. The number of hydrogen-bond donors (Lipinski definition) is 4. The number of carboxylic acid groups (broad SMARTS) is 2. The molecule has 5 fully saturated rings. The summed E-state index contributed by atoms with van der Waals surface area (Å²) in [5.74, 6) is -1.08. The molecule has 12 atom stereocenters. The van der Waals surface area contributed by atoms with Gasteiger partial charge in [-0.3, -0.25) is 14.4 Å². The molecule has 0 bridgehead atoms. The summed E-state index contributed by atoms with van der Waals surface area (Å²) in [7, 11) is 0. The molecule has 0 aliphatic heterocycles. The second kappa shape index (κ2) is 9.31. The minimum atomic E-state index is -1.08. The second-order valence-corrected chi connectivity index (χ2v) is 15.5. The van der Waals surface area contributed by atoms with E-state index in [-0.39, 0.29) is 39.9 Å². The minimum Gasteiger partial charge on any atom is -0.481 e. The Hall–Kier alpha value is -1.89. The van der Waals surface area contributed by atoms with Crippen molar-refractivity contribution >= 4 is 17.8 Å². The normalized spacial score (nSPS) is 50.4. The fourth-order valence-electron chi connectivity index (χ4n) is 11.9. The van der Waals surface area contributed by atoms with E-state index in [1.54, 1.807) is 0 Å². The molecule has 40 heavy (non-hydrogen) atoms. The molecular formula is C33H51NO6. The van der Waals surface area contributed by atoms with E-state index < -0.39 is 34.9 Å². The number of fused-ring (bicyclic) bond motifs is 7. The predicted molar refractivity (Wildman–Crippen MR) is 152 cm³/mol. The third kappa shape index (κ3) is 3.61. The Morgan fingerprint density at radius 1 is 0.850 bits per heavy atom. The van der Waals surface area contributed by atoms with E-state index in [1.807, 2.05) is 6.92 Å². The van der Waals surface area contributed by atoms with E-state index in [0.29, 0.717) is 18.3 Å². The lowest BCUT2D eigenvalue weighted by atomic mass is 9.32. The van der Waals surface area contributed by atoms with Crippen LogP contribution in [0.2, 0.25) is 0 Å². The van der Waals surface area contributed by atoms with Crippen molar-refractivity contribution in [2.75, 3.05) is 0 Å². The van der Waals surface area contributed by atoms with Crippen LogP contribution >= 0.6 is 0 Å². The molecule has 0 radical (unpaired) electrons. The Balaban J connectivity index is 1.52. The van der Waals surface area contributed by atoms with Crippen molar-refractivity contribution in [3.8, 4) is 0 Å². The first-order valence-electron chi connectivity index (χ1n) is 15.6. The highest BCUT2D eigenvalue weighted by atomic mass is 16.4. The maximum Gasteiger partial charge on any atom is 0.325 e. The predicted octanol–water partition coefficient (Wildman–Crippen LogP) is 5.66. The van der Waals surface area contributed by atoms with E-state index in [2.05, 4.69) is 39.6 Å². The van der Waals surface area contributed by atoms with Gasteiger partial charge in [0.15, 0.2) is 0 Å². The maximum absolute atomic E-state index is 13.7. The van der Waals surface area contributed by atoms with Gasteiger partial charge >= 0.3 is 11.9 Å². The molecule has 7 nitrogen and oxygen atoms in total. The zero-order chi connectivity index (χ0) is 29.6. The van der Waals surface area contributed by atoms with E-state index in [0.717, 1.165) is 63.4 Å². The number of amides is 1. The van der Waals surface area contributed by atoms with Crippen LogP contribution in [0.15, 0.2) is 12.2 Å². The van der Waals surface area contributed by atoms with E-state index >= 15 is 0 Å². The molecule has 5 saturated carbocycles. The number of carboxylic acids is 2. The highest BCUT2D eigenvalue weighted by Gasteiger charge is 2.73. The molecule has 224 valence electrons. The average Bonchev–Trinajstić information content (AvgIpc) is 3.28. The quantitative estimate of drug-likeness (QED) is 0.324. The lowest BCUT2D eigenvalue weighted by Crippen LogP contribution is -2.69. The number of nitrogens with one attached hydrogen (secondary N) is 1. The fourth-order valence-corrected chi connectivity index (χ4v) is 11.9. The number of aliphatic hydroxyl groups is 1. The minimum absolute atomic E-state index is 0.0118.